The quantitative estimate of drug-likeness (QED) is 0.0975. The molecule has 1 fully saturated rings. The Morgan fingerprint density at radius 2 is 1.00 bits per heavy atom. The third-order valence-corrected chi connectivity index (χ3v) is 16.6. The minimum absolute atomic E-state index is 0.00721. The van der Waals surface area contributed by atoms with Crippen molar-refractivity contribution >= 4 is 65.0 Å². The van der Waals surface area contributed by atoms with Gasteiger partial charge in [0, 0.05) is 62.9 Å². The van der Waals surface area contributed by atoms with E-state index in [0.29, 0.717) is 6.42 Å². The molecule has 510 valence electrons. The summed E-state index contributed by atoms with van der Waals surface area (Å²) in [5.41, 5.74) is -1.12. The van der Waals surface area contributed by atoms with Gasteiger partial charge in [-0.3, -0.25) is 52.7 Å². The average molecular weight is 1260 g/mol. The van der Waals surface area contributed by atoms with Crippen LogP contribution in [0.5, 0.6) is 0 Å². The number of aliphatic hydroxyl groups excluding tert-OH is 1. The van der Waals surface area contributed by atoms with Crippen molar-refractivity contribution in [2.24, 2.45) is 35.5 Å². The molecule has 11 amide bonds. The van der Waals surface area contributed by atoms with E-state index in [9.17, 15) is 48.3 Å². The lowest BCUT2D eigenvalue weighted by molar-refractivity contribution is -0.157. The summed E-state index contributed by atoms with van der Waals surface area (Å²) in [6.45, 7) is 28.6. The zero-order chi connectivity index (χ0) is 69.0. The maximum Gasteiger partial charge on any atom is 0.246 e. The minimum atomic E-state index is -1.64. The van der Waals surface area contributed by atoms with Crippen LogP contribution in [0.2, 0.25) is 0 Å². The first kappa shape index (κ1) is 80.8. The van der Waals surface area contributed by atoms with Crippen molar-refractivity contribution in [1.29, 1.82) is 0 Å². The van der Waals surface area contributed by atoms with Gasteiger partial charge in [-0.15, -0.1) is 0 Å². The van der Waals surface area contributed by atoms with Crippen molar-refractivity contribution in [1.82, 2.24) is 55.6 Å². The zero-order valence-corrected chi connectivity index (χ0v) is 58.5. The maximum absolute atomic E-state index is 15.2. The number of likely N-dealkylation sites (N-methyl/N-ethyl adjacent to an activating group) is 7. The number of carbonyl (C=O) groups excluding carboxylic acids is 11. The van der Waals surface area contributed by atoms with Gasteiger partial charge in [-0.25, -0.2) is 0 Å². The molecule has 1 saturated heterocycles. The van der Waals surface area contributed by atoms with Crippen molar-refractivity contribution in [3.05, 3.63) is 12.2 Å². The Labute approximate surface area is 531 Å². The molecule has 0 aromatic carbocycles. The third-order valence-electron chi connectivity index (χ3n) is 16.6. The van der Waals surface area contributed by atoms with E-state index in [2.05, 4.69) is 21.3 Å². The highest BCUT2D eigenvalue weighted by atomic mass is 16.7. The summed E-state index contributed by atoms with van der Waals surface area (Å²) >= 11 is 0. The lowest BCUT2D eigenvalue weighted by Crippen LogP contribution is -2.63. The first-order valence-corrected chi connectivity index (χ1v) is 31.5. The third kappa shape index (κ3) is 23.2. The van der Waals surface area contributed by atoms with Gasteiger partial charge in [0.2, 0.25) is 65.0 Å². The monoisotopic (exact) mass is 1260 g/mol. The molecule has 1 aliphatic heterocycles. The van der Waals surface area contributed by atoms with Crippen molar-refractivity contribution < 1.29 is 67.3 Å². The highest BCUT2D eigenvalue weighted by molar-refractivity contribution is 5.99. The summed E-state index contributed by atoms with van der Waals surface area (Å²) < 4.78 is 11.1. The summed E-state index contributed by atoms with van der Waals surface area (Å²) in [5.74, 6) is -10.1. The van der Waals surface area contributed by atoms with Crippen LogP contribution in [0.4, 0.5) is 0 Å². The first-order valence-electron chi connectivity index (χ1n) is 31.5. The van der Waals surface area contributed by atoms with Gasteiger partial charge in [0.05, 0.1) is 18.2 Å². The number of amides is 11. The summed E-state index contributed by atoms with van der Waals surface area (Å²) in [4.78, 5) is 170. The van der Waals surface area contributed by atoms with Gasteiger partial charge in [-0.1, -0.05) is 95.2 Å². The zero-order valence-electron chi connectivity index (χ0n) is 58.5. The molecule has 0 aromatic rings. The molecule has 0 radical (unpaired) electrons. The van der Waals surface area contributed by atoms with Crippen molar-refractivity contribution in [2.75, 3.05) is 69.8 Å². The van der Waals surface area contributed by atoms with Crippen molar-refractivity contribution in [3.63, 3.8) is 0 Å². The van der Waals surface area contributed by atoms with Crippen molar-refractivity contribution in [3.8, 4) is 0 Å². The topological polar surface area (TPSA) is 297 Å². The number of aliphatic hydroxyl groups is 1. The van der Waals surface area contributed by atoms with E-state index in [1.165, 1.54) is 89.9 Å². The summed E-state index contributed by atoms with van der Waals surface area (Å²) in [6, 6.07) is -12.8. The fourth-order valence-electron chi connectivity index (χ4n) is 10.9. The Balaban J connectivity index is 4.40. The molecule has 1 rings (SSSR count). The fraction of sp³-hybridized carbons (Fsp3) is 0.797. The van der Waals surface area contributed by atoms with Gasteiger partial charge >= 0.3 is 0 Å². The Bertz CT molecular complexity index is 2430. The Morgan fingerprint density at radius 1 is 0.539 bits per heavy atom. The molecule has 89 heavy (non-hydrogen) atoms. The smallest absolute Gasteiger partial charge is 0.246 e. The van der Waals surface area contributed by atoms with E-state index in [4.69, 9.17) is 9.47 Å². The van der Waals surface area contributed by atoms with Crippen LogP contribution in [-0.2, 0) is 62.2 Å². The molecule has 1 heterocycles. The molecule has 0 aromatic heterocycles. The van der Waals surface area contributed by atoms with Crippen LogP contribution in [0.1, 0.15) is 156 Å². The molecule has 0 saturated carbocycles. The van der Waals surface area contributed by atoms with Crippen LogP contribution < -0.4 is 21.3 Å². The Morgan fingerprint density at radius 3 is 1.47 bits per heavy atom. The molecule has 0 bridgehead atoms. The molecular formula is C64H115N11O14. The van der Waals surface area contributed by atoms with Gasteiger partial charge in [0.15, 0.2) is 0 Å². The molecule has 0 unspecified atom stereocenters. The predicted molar refractivity (Wildman–Crippen MR) is 341 cm³/mol. The van der Waals surface area contributed by atoms with E-state index in [0.717, 1.165) is 14.7 Å². The second-order valence-electron chi connectivity index (χ2n) is 27.0. The van der Waals surface area contributed by atoms with Crippen molar-refractivity contribution in [2.45, 2.75) is 228 Å². The molecule has 25 heteroatoms. The molecular weight excluding hydrogens is 1150 g/mol. The van der Waals surface area contributed by atoms with Gasteiger partial charge in [0.25, 0.3) is 0 Å². The highest BCUT2D eigenvalue weighted by Gasteiger charge is 2.46. The number of allylic oxidation sites excluding steroid dienone is 2. The number of nitrogens with one attached hydrogen (secondary N) is 4. The minimum Gasteiger partial charge on any atom is -0.390 e. The van der Waals surface area contributed by atoms with E-state index >= 15 is 9.59 Å². The van der Waals surface area contributed by atoms with Gasteiger partial charge in [-0.2, -0.15) is 0 Å². The number of nitrogens with zero attached hydrogens (tertiary/aromatic N) is 7. The van der Waals surface area contributed by atoms with Crippen LogP contribution in [0.25, 0.3) is 0 Å². The second-order valence-corrected chi connectivity index (χ2v) is 27.0. The number of hydrogen-bond donors (Lipinski definition) is 5. The SMILES string of the molecule is C/C=C/C[C@@H](C)[C@@H](O)[C@H]1C(=O)N[C@@H](CC)C(=O)N(C)CC(=O)N(C)[C@@H](CC(C)(C)OCOC)C(=O)N[C@@H](C(C)C)C(=O)N(C)[C@@H](CC(C)C)C(=O)N[C@@H](C)C(=O)N[C@H](C)C(=O)N(C)[C@@H](CC(C)C)C(=O)N(C)[C@@H](CC(C)C)C(=O)N(C)[C@@H](C(C)C)C(=O)N1C. The van der Waals surface area contributed by atoms with Gasteiger partial charge in [-0.05, 0) is 102 Å². The van der Waals surface area contributed by atoms with Gasteiger partial charge in [0.1, 0.15) is 67.2 Å². The first-order chi connectivity index (χ1) is 41.1. The van der Waals surface area contributed by atoms with E-state index in [-0.39, 0.29) is 56.7 Å². The Kier molecular flexibility index (Phi) is 33.2. The van der Waals surface area contributed by atoms with Crippen LogP contribution in [0.3, 0.4) is 0 Å². The molecule has 0 aliphatic carbocycles. The number of hydrogen-bond acceptors (Lipinski definition) is 14. The number of methoxy groups -OCH3 is 1. The number of carbonyl (C=O) groups is 11. The van der Waals surface area contributed by atoms with Crippen LogP contribution >= 0.6 is 0 Å². The van der Waals surface area contributed by atoms with Gasteiger partial charge < -0.3 is 70.1 Å². The second kappa shape index (κ2) is 36.6. The van der Waals surface area contributed by atoms with Crippen LogP contribution in [0, 0.1) is 35.5 Å². The van der Waals surface area contributed by atoms with Crippen LogP contribution in [-0.4, -0.2) is 246 Å². The van der Waals surface area contributed by atoms with Crippen LogP contribution in [0.15, 0.2) is 12.2 Å². The summed E-state index contributed by atoms with van der Waals surface area (Å²) in [7, 11) is 11.2. The van der Waals surface area contributed by atoms with E-state index in [1.807, 2.05) is 41.5 Å². The summed E-state index contributed by atoms with van der Waals surface area (Å²) in [5, 5.41) is 23.1. The fourth-order valence-corrected chi connectivity index (χ4v) is 10.9. The Hall–Kier alpha value is -6.21. The van der Waals surface area contributed by atoms with E-state index < -0.39 is 161 Å². The molecule has 12 atom stereocenters. The highest BCUT2D eigenvalue weighted by Crippen LogP contribution is 2.26. The predicted octanol–water partition coefficient (Wildman–Crippen LogP) is 3.01. The van der Waals surface area contributed by atoms with E-state index in [1.54, 1.807) is 74.5 Å². The normalized spacial score (nSPS) is 26.4. The molecule has 0 spiro atoms. The summed E-state index contributed by atoms with van der Waals surface area (Å²) in [6.07, 6.45) is 2.62. The molecule has 5 N–H and O–H groups in total. The lowest BCUT2D eigenvalue weighted by atomic mass is 9.91. The standard InChI is InChI=1S/C64H115N11O14/c1-26-28-29-41(13)53(77)52-57(81)67-44(27-2)59(83)69(18)34-49(76)70(19)48(33-64(16,17)89-35-88-25)56(80)68-50(39(9)10)62(86)71(20)45(30-36(3)4)55(79)65-42(14)54(78)66-43(15)58(82)72(21)46(31-37(5)6)60(84)73(22)47(32-38(7)8)61(85)74(23)51(40(11)12)63(87)75(52)24/h26,28,36-48,50-53,77H,27,29-35H2,1-25H3,(H,65,79)(H,66,78)(H,67,81)(H,68,80)/b28-26+/t41-,42+,43-,44+,45+,46+,47+,48+,50+,51+,52+,53-/m1/s1. The average Bonchev–Trinajstić information content (AvgIpc) is 3.31. The lowest BCUT2D eigenvalue weighted by Gasteiger charge is -2.41. The largest absolute Gasteiger partial charge is 0.390 e. The molecule has 25 nitrogen and oxygen atoms in total. The maximum atomic E-state index is 15.2. The molecule has 1 aliphatic rings. The number of ether oxygens (including phenoxy) is 2. The number of rotatable bonds is 18.